The summed E-state index contributed by atoms with van der Waals surface area (Å²) in [6.45, 7) is 6.60. The molecule has 2 rings (SSSR count). The summed E-state index contributed by atoms with van der Waals surface area (Å²) >= 11 is 1.68. The van der Waals surface area contributed by atoms with Gasteiger partial charge in [-0.2, -0.15) is 5.10 Å². The number of aromatic nitrogens is 4. The van der Waals surface area contributed by atoms with Gasteiger partial charge in [0.25, 0.3) is 0 Å². The van der Waals surface area contributed by atoms with E-state index in [0.29, 0.717) is 0 Å². The first-order valence-corrected chi connectivity index (χ1v) is 6.66. The Morgan fingerprint density at radius 2 is 2.29 bits per heavy atom. The maximum absolute atomic E-state index is 4.40. The van der Waals surface area contributed by atoms with Crippen LogP contribution in [0.5, 0.6) is 0 Å². The van der Waals surface area contributed by atoms with E-state index >= 15 is 0 Å². The van der Waals surface area contributed by atoms with Crippen LogP contribution in [0.2, 0.25) is 0 Å². The molecule has 2 aromatic rings. The molecule has 1 N–H and O–H groups in total. The molecule has 5 nitrogen and oxygen atoms in total. The molecule has 17 heavy (non-hydrogen) atoms. The summed E-state index contributed by atoms with van der Waals surface area (Å²) in [6, 6.07) is 0. The van der Waals surface area contributed by atoms with Crippen molar-refractivity contribution in [2.45, 2.75) is 39.9 Å². The second-order valence-corrected chi connectivity index (χ2v) is 4.83. The molecule has 0 aliphatic carbocycles. The van der Waals surface area contributed by atoms with E-state index in [0.717, 1.165) is 42.6 Å². The zero-order valence-corrected chi connectivity index (χ0v) is 11.0. The lowest BCUT2D eigenvalue weighted by atomic mass is 10.4. The van der Waals surface area contributed by atoms with Crippen LogP contribution >= 0.6 is 11.3 Å². The van der Waals surface area contributed by atoms with Crippen LogP contribution in [0, 0.1) is 6.92 Å². The minimum absolute atomic E-state index is 0.735. The summed E-state index contributed by atoms with van der Waals surface area (Å²) < 4.78 is 1.94. The zero-order chi connectivity index (χ0) is 12.1. The normalized spacial score (nSPS) is 10.9. The standard InChI is InChI=1S/C11H17N5S/c1-3-4-16-10(13-8-14-16)5-12-6-11-15-9(2)7-17-11/h7-8,12H,3-6H2,1-2H3. The van der Waals surface area contributed by atoms with Gasteiger partial charge in [-0.05, 0) is 13.3 Å². The number of nitrogens with zero attached hydrogens (tertiary/aromatic N) is 4. The summed E-state index contributed by atoms with van der Waals surface area (Å²) in [7, 11) is 0. The van der Waals surface area contributed by atoms with E-state index < -0.39 is 0 Å². The van der Waals surface area contributed by atoms with E-state index in [9.17, 15) is 0 Å². The molecule has 0 spiro atoms. The van der Waals surface area contributed by atoms with Crippen LogP contribution in [-0.2, 0) is 19.6 Å². The molecule has 0 aliphatic heterocycles. The largest absolute Gasteiger partial charge is 0.303 e. The van der Waals surface area contributed by atoms with Crippen LogP contribution in [0.1, 0.15) is 29.9 Å². The quantitative estimate of drug-likeness (QED) is 0.849. The van der Waals surface area contributed by atoms with Crippen LogP contribution in [0.15, 0.2) is 11.7 Å². The average molecular weight is 251 g/mol. The van der Waals surface area contributed by atoms with Crippen LogP contribution < -0.4 is 5.32 Å². The first-order chi connectivity index (χ1) is 8.29. The summed E-state index contributed by atoms with van der Waals surface area (Å²) in [6.07, 6.45) is 2.68. The molecule has 0 atom stereocenters. The first kappa shape index (κ1) is 12.2. The fourth-order valence-electron chi connectivity index (χ4n) is 1.59. The molecule has 0 radical (unpaired) electrons. The van der Waals surface area contributed by atoms with Gasteiger partial charge in [0.2, 0.25) is 0 Å². The molecule has 0 aliphatic rings. The zero-order valence-electron chi connectivity index (χ0n) is 10.2. The molecule has 2 heterocycles. The third-order valence-electron chi connectivity index (χ3n) is 2.36. The smallest absolute Gasteiger partial charge is 0.140 e. The highest BCUT2D eigenvalue weighted by Crippen LogP contribution is 2.08. The predicted octanol–water partition coefficient (Wildman–Crippen LogP) is 1.74. The Balaban J connectivity index is 1.83. The van der Waals surface area contributed by atoms with Crippen molar-refractivity contribution in [1.82, 2.24) is 25.1 Å². The van der Waals surface area contributed by atoms with Crippen molar-refractivity contribution in [3.8, 4) is 0 Å². The van der Waals surface area contributed by atoms with Crippen molar-refractivity contribution in [2.75, 3.05) is 0 Å². The predicted molar refractivity (Wildman–Crippen MR) is 67.7 cm³/mol. The molecule has 0 fully saturated rings. The monoisotopic (exact) mass is 251 g/mol. The molecule has 2 aromatic heterocycles. The van der Waals surface area contributed by atoms with Gasteiger partial charge in [-0.1, -0.05) is 6.92 Å². The van der Waals surface area contributed by atoms with E-state index in [2.05, 4.69) is 32.7 Å². The molecule has 0 saturated carbocycles. The third kappa shape index (κ3) is 3.34. The number of rotatable bonds is 6. The van der Waals surface area contributed by atoms with E-state index in [1.54, 1.807) is 17.7 Å². The fraction of sp³-hybridized carbons (Fsp3) is 0.545. The van der Waals surface area contributed by atoms with Crippen LogP contribution in [-0.4, -0.2) is 19.7 Å². The van der Waals surface area contributed by atoms with E-state index in [-0.39, 0.29) is 0 Å². The third-order valence-corrected chi connectivity index (χ3v) is 3.32. The fourth-order valence-corrected chi connectivity index (χ4v) is 2.33. The van der Waals surface area contributed by atoms with Crippen molar-refractivity contribution >= 4 is 11.3 Å². The number of hydrogen-bond acceptors (Lipinski definition) is 5. The van der Waals surface area contributed by atoms with Crippen molar-refractivity contribution in [3.05, 3.63) is 28.2 Å². The Morgan fingerprint density at radius 3 is 3.00 bits per heavy atom. The highest BCUT2D eigenvalue weighted by molar-refractivity contribution is 7.09. The van der Waals surface area contributed by atoms with E-state index in [4.69, 9.17) is 0 Å². The van der Waals surface area contributed by atoms with Gasteiger partial charge in [-0.15, -0.1) is 11.3 Å². The summed E-state index contributed by atoms with van der Waals surface area (Å²) in [5, 5.41) is 10.7. The van der Waals surface area contributed by atoms with Gasteiger partial charge in [0.15, 0.2) is 0 Å². The maximum Gasteiger partial charge on any atom is 0.140 e. The summed E-state index contributed by atoms with van der Waals surface area (Å²) in [5.41, 5.74) is 1.08. The number of nitrogens with one attached hydrogen (secondary N) is 1. The van der Waals surface area contributed by atoms with E-state index in [1.807, 2.05) is 11.6 Å². The minimum Gasteiger partial charge on any atom is -0.303 e. The maximum atomic E-state index is 4.40. The number of thiazole rings is 1. The van der Waals surface area contributed by atoms with Gasteiger partial charge in [0.05, 0.1) is 6.54 Å². The average Bonchev–Trinajstić information content (AvgIpc) is 2.90. The van der Waals surface area contributed by atoms with E-state index in [1.165, 1.54) is 0 Å². The highest BCUT2D eigenvalue weighted by Gasteiger charge is 2.03. The molecular weight excluding hydrogens is 234 g/mol. The van der Waals surface area contributed by atoms with Crippen LogP contribution in [0.4, 0.5) is 0 Å². The molecule has 0 bridgehead atoms. The van der Waals surface area contributed by atoms with Gasteiger partial charge in [-0.3, -0.25) is 0 Å². The highest BCUT2D eigenvalue weighted by atomic mass is 32.1. The first-order valence-electron chi connectivity index (χ1n) is 5.78. The van der Waals surface area contributed by atoms with Crippen molar-refractivity contribution in [3.63, 3.8) is 0 Å². The lowest BCUT2D eigenvalue weighted by molar-refractivity contribution is 0.542. The number of hydrogen-bond donors (Lipinski definition) is 1. The van der Waals surface area contributed by atoms with Gasteiger partial charge in [0.1, 0.15) is 17.2 Å². The van der Waals surface area contributed by atoms with Gasteiger partial charge >= 0.3 is 0 Å². The molecule has 0 saturated heterocycles. The van der Waals surface area contributed by atoms with Gasteiger partial charge < -0.3 is 5.32 Å². The Kier molecular flexibility index (Phi) is 4.22. The molecule has 0 amide bonds. The van der Waals surface area contributed by atoms with Gasteiger partial charge in [0, 0.05) is 24.2 Å². The SMILES string of the molecule is CCCn1ncnc1CNCc1nc(C)cs1. The molecule has 6 heteroatoms. The molecule has 0 unspecified atom stereocenters. The topological polar surface area (TPSA) is 55.6 Å². The summed E-state index contributed by atoms with van der Waals surface area (Å²) in [5.74, 6) is 0.986. The van der Waals surface area contributed by atoms with Crippen molar-refractivity contribution in [1.29, 1.82) is 0 Å². The van der Waals surface area contributed by atoms with Gasteiger partial charge in [-0.25, -0.2) is 14.6 Å². The Hall–Kier alpha value is -1.27. The molecule has 92 valence electrons. The molecule has 0 aromatic carbocycles. The lowest BCUT2D eigenvalue weighted by Gasteiger charge is -2.04. The van der Waals surface area contributed by atoms with Crippen LogP contribution in [0.3, 0.4) is 0 Å². The summed E-state index contributed by atoms with van der Waals surface area (Å²) in [4.78, 5) is 8.65. The Morgan fingerprint density at radius 1 is 1.41 bits per heavy atom. The van der Waals surface area contributed by atoms with Crippen molar-refractivity contribution in [2.24, 2.45) is 0 Å². The Bertz CT molecular complexity index is 462. The second kappa shape index (κ2) is 5.88. The lowest BCUT2D eigenvalue weighted by Crippen LogP contribution is -2.17. The van der Waals surface area contributed by atoms with Crippen molar-refractivity contribution < 1.29 is 0 Å². The number of aryl methyl sites for hydroxylation is 2. The molecular formula is C11H17N5S. The second-order valence-electron chi connectivity index (χ2n) is 3.89. The Labute approximate surface area is 105 Å². The minimum atomic E-state index is 0.735. The van der Waals surface area contributed by atoms with Crippen LogP contribution in [0.25, 0.3) is 0 Å².